The van der Waals surface area contributed by atoms with E-state index in [4.69, 9.17) is 0 Å². The number of nitrogens with zero attached hydrogens (tertiary/aromatic N) is 4. The van der Waals surface area contributed by atoms with Gasteiger partial charge in [0.05, 0.1) is 5.56 Å². The van der Waals surface area contributed by atoms with E-state index in [1.54, 1.807) is 48.1 Å². The minimum atomic E-state index is -0.269. The van der Waals surface area contributed by atoms with Crippen molar-refractivity contribution in [2.75, 3.05) is 0 Å². The molecule has 0 aliphatic rings. The minimum Gasteiger partial charge on any atom is -0.267 e. The van der Waals surface area contributed by atoms with Crippen LogP contribution in [0.4, 0.5) is 4.39 Å². The van der Waals surface area contributed by atoms with Crippen LogP contribution in [0.2, 0.25) is 0 Å². The van der Waals surface area contributed by atoms with Crippen molar-refractivity contribution in [2.24, 2.45) is 0 Å². The Bertz CT molecular complexity index is 1040. The second-order valence-corrected chi connectivity index (χ2v) is 6.72. The van der Waals surface area contributed by atoms with Gasteiger partial charge in [-0.2, -0.15) is 16.0 Å². The number of aromatic nitrogens is 4. The van der Waals surface area contributed by atoms with Crippen LogP contribution in [0, 0.1) is 5.82 Å². The average molecular weight is 378 g/mol. The third-order valence-electron chi connectivity index (χ3n) is 4.12. The molecule has 0 N–H and O–H groups in total. The van der Waals surface area contributed by atoms with Gasteiger partial charge in [-0.3, -0.25) is 9.78 Å². The van der Waals surface area contributed by atoms with Crippen molar-refractivity contribution >= 4 is 17.2 Å². The Morgan fingerprint density at radius 3 is 2.52 bits per heavy atom. The maximum absolute atomic E-state index is 13.1. The second-order valence-electron chi connectivity index (χ2n) is 5.94. The lowest BCUT2D eigenvalue weighted by Crippen LogP contribution is -2.17. The molecule has 3 aromatic heterocycles. The highest BCUT2D eigenvalue weighted by atomic mass is 32.1. The maximum Gasteiger partial charge on any atom is 0.280 e. The van der Waals surface area contributed by atoms with Gasteiger partial charge in [0.1, 0.15) is 11.6 Å². The summed E-state index contributed by atoms with van der Waals surface area (Å²) in [5.74, 6) is 0.574. The lowest BCUT2D eigenvalue weighted by molar-refractivity contribution is 0.0941. The van der Waals surface area contributed by atoms with Crippen molar-refractivity contribution in [3.05, 3.63) is 88.4 Å². The molecule has 0 fully saturated rings. The number of thiophene rings is 1. The molecule has 1 aromatic carbocycles. The Morgan fingerprint density at radius 2 is 1.81 bits per heavy atom. The summed E-state index contributed by atoms with van der Waals surface area (Å²) < 4.78 is 14.5. The van der Waals surface area contributed by atoms with Gasteiger partial charge in [-0.1, -0.05) is 12.1 Å². The third-order valence-corrected chi connectivity index (χ3v) is 4.81. The van der Waals surface area contributed by atoms with Gasteiger partial charge in [0, 0.05) is 29.8 Å². The van der Waals surface area contributed by atoms with Crippen molar-refractivity contribution in [3.8, 4) is 11.4 Å². The molecule has 0 saturated heterocycles. The normalized spacial score (nSPS) is 10.9. The molecule has 4 rings (SSSR count). The van der Waals surface area contributed by atoms with Crippen molar-refractivity contribution in [3.63, 3.8) is 0 Å². The van der Waals surface area contributed by atoms with Crippen LogP contribution in [-0.2, 0) is 12.8 Å². The molecule has 4 aromatic rings. The van der Waals surface area contributed by atoms with E-state index < -0.39 is 0 Å². The zero-order valence-electron chi connectivity index (χ0n) is 14.2. The Labute approximate surface area is 159 Å². The molecule has 3 heterocycles. The molecule has 0 spiro atoms. The van der Waals surface area contributed by atoms with E-state index in [2.05, 4.69) is 15.1 Å². The van der Waals surface area contributed by atoms with Gasteiger partial charge in [-0.15, -0.1) is 5.10 Å². The summed E-state index contributed by atoms with van der Waals surface area (Å²) in [6.45, 7) is 0. The van der Waals surface area contributed by atoms with Gasteiger partial charge in [-0.05, 0) is 47.7 Å². The lowest BCUT2D eigenvalue weighted by atomic mass is 10.1. The van der Waals surface area contributed by atoms with Crippen molar-refractivity contribution in [2.45, 2.75) is 12.8 Å². The largest absolute Gasteiger partial charge is 0.280 e. The Balaban J connectivity index is 1.66. The smallest absolute Gasteiger partial charge is 0.267 e. The average Bonchev–Trinajstić information content (AvgIpc) is 3.38. The minimum absolute atomic E-state index is 0.210. The molecule has 134 valence electrons. The number of aryl methyl sites for hydroxylation is 2. The van der Waals surface area contributed by atoms with Crippen LogP contribution >= 0.6 is 11.3 Å². The summed E-state index contributed by atoms with van der Waals surface area (Å²) in [4.78, 5) is 21.4. The van der Waals surface area contributed by atoms with Gasteiger partial charge in [0.2, 0.25) is 0 Å². The van der Waals surface area contributed by atoms with Crippen LogP contribution in [-0.4, -0.2) is 25.7 Å². The Hall–Kier alpha value is -3.19. The monoisotopic (exact) mass is 378 g/mol. The topological polar surface area (TPSA) is 60.7 Å². The number of carbonyl (C=O) groups excluding carboxylic acids is 1. The van der Waals surface area contributed by atoms with Crippen LogP contribution in [0.3, 0.4) is 0 Å². The van der Waals surface area contributed by atoms with Gasteiger partial charge in [0.25, 0.3) is 5.91 Å². The summed E-state index contributed by atoms with van der Waals surface area (Å²) in [6.07, 6.45) is 4.47. The summed E-state index contributed by atoms with van der Waals surface area (Å²) in [5.41, 5.74) is 2.35. The van der Waals surface area contributed by atoms with Crippen LogP contribution in [0.25, 0.3) is 11.4 Å². The first-order valence-corrected chi connectivity index (χ1v) is 9.32. The molecular formula is C20H15FN4OS. The maximum atomic E-state index is 13.1. The van der Waals surface area contributed by atoms with Gasteiger partial charge >= 0.3 is 0 Å². The molecule has 5 nitrogen and oxygen atoms in total. The number of rotatable bonds is 5. The SMILES string of the molecule is O=C(c1ccsc1)n1nc(-c2ccncc2)nc1CCc1ccc(F)cc1. The highest BCUT2D eigenvalue weighted by Crippen LogP contribution is 2.18. The highest BCUT2D eigenvalue weighted by molar-refractivity contribution is 7.08. The molecule has 0 bridgehead atoms. The van der Waals surface area contributed by atoms with Crippen molar-refractivity contribution in [1.82, 2.24) is 19.7 Å². The fraction of sp³-hybridized carbons (Fsp3) is 0.100. The third kappa shape index (κ3) is 3.83. The number of carbonyl (C=O) groups is 1. The van der Waals surface area contributed by atoms with Gasteiger partial charge in [-0.25, -0.2) is 9.37 Å². The van der Waals surface area contributed by atoms with Crippen LogP contribution in [0.15, 0.2) is 65.6 Å². The van der Waals surface area contributed by atoms with E-state index in [-0.39, 0.29) is 11.7 Å². The molecule has 0 radical (unpaired) electrons. The fourth-order valence-corrected chi connectivity index (χ4v) is 3.34. The van der Waals surface area contributed by atoms with E-state index in [1.165, 1.54) is 28.2 Å². The molecule has 0 unspecified atom stereocenters. The standard InChI is InChI=1S/C20H15FN4OS/c21-17-4-1-14(2-5-17)3-6-18-23-19(15-7-10-22-11-8-15)24-25(18)20(26)16-9-12-27-13-16/h1-2,4-5,7-13H,3,6H2. The number of pyridine rings is 1. The number of benzene rings is 1. The molecule has 7 heteroatoms. The lowest BCUT2D eigenvalue weighted by Gasteiger charge is -2.04. The Morgan fingerprint density at radius 1 is 1.04 bits per heavy atom. The van der Waals surface area contributed by atoms with E-state index in [9.17, 15) is 9.18 Å². The first kappa shape index (κ1) is 17.2. The Kier molecular flexibility index (Phi) is 4.84. The zero-order valence-corrected chi connectivity index (χ0v) is 15.1. The molecule has 27 heavy (non-hydrogen) atoms. The number of hydrogen-bond acceptors (Lipinski definition) is 5. The first-order chi connectivity index (χ1) is 13.2. The van der Waals surface area contributed by atoms with E-state index >= 15 is 0 Å². The van der Waals surface area contributed by atoms with Gasteiger partial charge < -0.3 is 0 Å². The number of halogens is 1. The summed E-state index contributed by atoms with van der Waals surface area (Å²) in [7, 11) is 0. The molecule has 0 atom stereocenters. The first-order valence-electron chi connectivity index (χ1n) is 8.38. The summed E-state index contributed by atoms with van der Waals surface area (Å²) in [6, 6.07) is 11.7. The molecule has 0 saturated carbocycles. The number of hydrogen-bond donors (Lipinski definition) is 0. The molecule has 0 aliphatic carbocycles. The van der Waals surface area contributed by atoms with E-state index in [0.717, 1.165) is 11.1 Å². The van der Waals surface area contributed by atoms with Crippen molar-refractivity contribution in [1.29, 1.82) is 0 Å². The quantitative estimate of drug-likeness (QED) is 0.526. The summed E-state index contributed by atoms with van der Waals surface area (Å²) >= 11 is 1.46. The van der Waals surface area contributed by atoms with Crippen molar-refractivity contribution < 1.29 is 9.18 Å². The summed E-state index contributed by atoms with van der Waals surface area (Å²) in [5, 5.41) is 8.08. The zero-order chi connectivity index (χ0) is 18.6. The predicted octanol–water partition coefficient (Wildman–Crippen LogP) is 4.01. The molecular weight excluding hydrogens is 363 g/mol. The highest BCUT2D eigenvalue weighted by Gasteiger charge is 2.19. The molecule has 0 amide bonds. The predicted molar refractivity (Wildman–Crippen MR) is 101 cm³/mol. The van der Waals surface area contributed by atoms with Crippen LogP contribution in [0.1, 0.15) is 21.7 Å². The fourth-order valence-electron chi connectivity index (χ4n) is 2.71. The van der Waals surface area contributed by atoms with Crippen LogP contribution in [0.5, 0.6) is 0 Å². The van der Waals surface area contributed by atoms with Gasteiger partial charge in [0.15, 0.2) is 5.82 Å². The molecule has 0 aliphatic heterocycles. The second kappa shape index (κ2) is 7.59. The van der Waals surface area contributed by atoms with E-state index in [1.807, 2.05) is 5.38 Å². The van der Waals surface area contributed by atoms with E-state index in [0.29, 0.717) is 30.1 Å². The van der Waals surface area contributed by atoms with Crippen LogP contribution < -0.4 is 0 Å².